The Morgan fingerprint density at radius 2 is 1.93 bits per heavy atom. The summed E-state index contributed by atoms with van der Waals surface area (Å²) in [5.74, 6) is -0.158. The van der Waals surface area contributed by atoms with Crippen LogP contribution in [0, 0.1) is 6.92 Å². The largest absolute Gasteiger partial charge is 0.426 e. The molecular weight excluding hydrogens is 362 g/mol. The minimum atomic E-state index is -0.392. The second-order valence-corrected chi connectivity index (χ2v) is 7.21. The number of esters is 1. The Balaban J connectivity index is 1.56. The topological polar surface area (TPSA) is 72.5 Å². The highest BCUT2D eigenvalue weighted by Crippen LogP contribution is 2.27. The van der Waals surface area contributed by atoms with Crippen molar-refractivity contribution in [1.82, 2.24) is 5.32 Å². The predicted molar refractivity (Wildman–Crippen MR) is 105 cm³/mol. The maximum atomic E-state index is 12.1. The molecule has 0 saturated carbocycles. The maximum absolute atomic E-state index is 12.1. The SMILES string of the molecule is Cc1cc(/C=C2\SC(=O)NC2=O)ccc1OC(=O)CCCc1ccccc1. The van der Waals surface area contributed by atoms with Crippen molar-refractivity contribution in [2.24, 2.45) is 0 Å². The molecule has 2 amide bonds. The Morgan fingerprint density at radius 1 is 1.15 bits per heavy atom. The molecule has 0 aromatic heterocycles. The summed E-state index contributed by atoms with van der Waals surface area (Å²) in [7, 11) is 0. The number of aryl methyl sites for hydroxylation is 2. The van der Waals surface area contributed by atoms with E-state index in [0.717, 1.165) is 35.7 Å². The smallest absolute Gasteiger partial charge is 0.311 e. The van der Waals surface area contributed by atoms with E-state index in [4.69, 9.17) is 4.74 Å². The fourth-order valence-electron chi connectivity index (χ4n) is 2.70. The lowest BCUT2D eigenvalue weighted by atomic mass is 10.1. The molecule has 1 aliphatic rings. The number of nitrogens with one attached hydrogen (secondary N) is 1. The van der Waals surface area contributed by atoms with Gasteiger partial charge in [0.1, 0.15) is 5.75 Å². The monoisotopic (exact) mass is 381 g/mol. The van der Waals surface area contributed by atoms with Crippen LogP contribution in [0.1, 0.15) is 29.5 Å². The van der Waals surface area contributed by atoms with E-state index in [-0.39, 0.29) is 11.2 Å². The standard InChI is InChI=1S/C21H19NO4S/c1-14-12-16(13-18-20(24)22-21(25)27-18)10-11-17(14)26-19(23)9-5-8-15-6-3-2-4-7-15/h2-4,6-7,10-13H,5,8-9H2,1H3,(H,22,24,25)/b18-13-. The minimum Gasteiger partial charge on any atom is -0.426 e. The van der Waals surface area contributed by atoms with E-state index in [9.17, 15) is 14.4 Å². The molecule has 27 heavy (non-hydrogen) atoms. The highest BCUT2D eigenvalue weighted by atomic mass is 32.2. The third-order valence-electron chi connectivity index (χ3n) is 4.05. The van der Waals surface area contributed by atoms with Crippen molar-refractivity contribution < 1.29 is 19.1 Å². The lowest BCUT2D eigenvalue weighted by Gasteiger charge is -2.08. The Hall–Kier alpha value is -2.86. The fourth-order valence-corrected chi connectivity index (χ4v) is 3.39. The van der Waals surface area contributed by atoms with Crippen LogP contribution in [0.3, 0.4) is 0 Å². The van der Waals surface area contributed by atoms with Crippen molar-refractivity contribution in [1.29, 1.82) is 0 Å². The first kappa shape index (κ1) is 18.9. The van der Waals surface area contributed by atoms with Gasteiger partial charge in [-0.25, -0.2) is 0 Å². The Labute approximate surface area is 161 Å². The molecule has 6 heteroatoms. The van der Waals surface area contributed by atoms with Gasteiger partial charge in [-0.1, -0.05) is 36.4 Å². The van der Waals surface area contributed by atoms with E-state index in [1.54, 1.807) is 18.2 Å². The van der Waals surface area contributed by atoms with Gasteiger partial charge >= 0.3 is 5.97 Å². The zero-order chi connectivity index (χ0) is 19.2. The average molecular weight is 381 g/mol. The third kappa shape index (κ3) is 5.31. The molecule has 138 valence electrons. The van der Waals surface area contributed by atoms with Gasteiger partial charge < -0.3 is 4.74 Å². The van der Waals surface area contributed by atoms with E-state index >= 15 is 0 Å². The van der Waals surface area contributed by atoms with Gasteiger partial charge in [-0.2, -0.15) is 0 Å². The second-order valence-electron chi connectivity index (χ2n) is 6.19. The van der Waals surface area contributed by atoms with Crippen molar-refractivity contribution in [2.45, 2.75) is 26.2 Å². The number of imide groups is 1. The molecule has 1 fully saturated rings. The molecule has 2 aromatic carbocycles. The first-order valence-electron chi connectivity index (χ1n) is 8.61. The number of carbonyl (C=O) groups excluding carboxylic acids is 3. The van der Waals surface area contributed by atoms with Gasteiger partial charge in [0, 0.05) is 6.42 Å². The number of carbonyl (C=O) groups is 3. The summed E-state index contributed by atoms with van der Waals surface area (Å²) in [6.07, 6.45) is 3.55. The van der Waals surface area contributed by atoms with Gasteiger partial charge in [0.25, 0.3) is 11.1 Å². The van der Waals surface area contributed by atoms with Gasteiger partial charge in [0.15, 0.2) is 0 Å². The number of benzene rings is 2. The molecule has 2 aromatic rings. The maximum Gasteiger partial charge on any atom is 0.311 e. The molecule has 1 N–H and O–H groups in total. The van der Waals surface area contributed by atoms with Gasteiger partial charge in [0.05, 0.1) is 4.91 Å². The van der Waals surface area contributed by atoms with Crippen molar-refractivity contribution in [3.63, 3.8) is 0 Å². The molecule has 1 heterocycles. The fraction of sp³-hybridized carbons (Fsp3) is 0.190. The van der Waals surface area contributed by atoms with Crippen molar-refractivity contribution in [3.05, 3.63) is 70.1 Å². The number of rotatable bonds is 6. The zero-order valence-electron chi connectivity index (χ0n) is 14.9. The molecule has 5 nitrogen and oxygen atoms in total. The molecule has 0 atom stereocenters. The summed E-state index contributed by atoms with van der Waals surface area (Å²) in [6.45, 7) is 1.83. The quantitative estimate of drug-likeness (QED) is 0.460. The number of thioether (sulfide) groups is 1. The predicted octanol–water partition coefficient (Wildman–Crippen LogP) is 4.25. The lowest BCUT2D eigenvalue weighted by Crippen LogP contribution is -2.17. The van der Waals surface area contributed by atoms with Gasteiger partial charge in [-0.3, -0.25) is 19.7 Å². The minimum absolute atomic E-state index is 0.267. The molecule has 1 saturated heterocycles. The second kappa shape index (κ2) is 8.68. The van der Waals surface area contributed by atoms with Gasteiger partial charge in [0.2, 0.25) is 0 Å². The average Bonchev–Trinajstić information content (AvgIpc) is 2.95. The van der Waals surface area contributed by atoms with E-state index in [1.165, 1.54) is 5.56 Å². The van der Waals surface area contributed by atoms with Crippen LogP contribution in [0.5, 0.6) is 5.75 Å². The van der Waals surface area contributed by atoms with Crippen LogP contribution in [0.15, 0.2) is 53.4 Å². The van der Waals surface area contributed by atoms with E-state index < -0.39 is 5.91 Å². The molecule has 1 aliphatic heterocycles. The van der Waals surface area contributed by atoms with E-state index in [0.29, 0.717) is 17.1 Å². The Morgan fingerprint density at radius 3 is 2.59 bits per heavy atom. The van der Waals surface area contributed by atoms with Crippen LogP contribution in [0.2, 0.25) is 0 Å². The Bertz CT molecular complexity index is 906. The van der Waals surface area contributed by atoms with Crippen LogP contribution < -0.4 is 10.1 Å². The summed E-state index contributed by atoms with van der Waals surface area (Å²) in [4.78, 5) is 35.2. The summed E-state index contributed by atoms with van der Waals surface area (Å²) < 4.78 is 5.45. The van der Waals surface area contributed by atoms with Crippen LogP contribution in [-0.2, 0) is 16.0 Å². The molecule has 0 radical (unpaired) electrons. The lowest BCUT2D eigenvalue weighted by molar-refractivity contribution is -0.134. The third-order valence-corrected chi connectivity index (χ3v) is 4.86. The number of hydrogen-bond acceptors (Lipinski definition) is 5. The first-order chi connectivity index (χ1) is 13.0. The highest BCUT2D eigenvalue weighted by molar-refractivity contribution is 8.18. The summed E-state index contributed by atoms with van der Waals surface area (Å²) >= 11 is 0.873. The normalized spacial score (nSPS) is 15.1. The summed E-state index contributed by atoms with van der Waals surface area (Å²) in [5.41, 5.74) is 2.75. The summed E-state index contributed by atoms with van der Waals surface area (Å²) in [6, 6.07) is 15.3. The van der Waals surface area contributed by atoms with Crippen molar-refractivity contribution in [2.75, 3.05) is 0 Å². The Kier molecular flexibility index (Phi) is 6.08. The molecule has 0 unspecified atom stereocenters. The molecule has 0 spiro atoms. The van der Waals surface area contributed by atoms with Crippen LogP contribution >= 0.6 is 11.8 Å². The first-order valence-corrected chi connectivity index (χ1v) is 9.43. The van der Waals surface area contributed by atoms with Crippen LogP contribution in [0.25, 0.3) is 6.08 Å². The van der Waals surface area contributed by atoms with Crippen LogP contribution in [0.4, 0.5) is 4.79 Å². The van der Waals surface area contributed by atoms with Crippen LogP contribution in [-0.4, -0.2) is 17.1 Å². The highest BCUT2D eigenvalue weighted by Gasteiger charge is 2.24. The number of ether oxygens (including phenoxy) is 1. The number of hydrogen-bond donors (Lipinski definition) is 1. The number of amides is 2. The molecule has 3 rings (SSSR count). The molecule has 0 aliphatic carbocycles. The van der Waals surface area contributed by atoms with Gasteiger partial charge in [-0.15, -0.1) is 0 Å². The van der Waals surface area contributed by atoms with Gasteiger partial charge in [-0.05, 0) is 66.4 Å². The van der Waals surface area contributed by atoms with Crippen molar-refractivity contribution >= 4 is 35.0 Å². The molecular formula is C21H19NO4S. The zero-order valence-corrected chi connectivity index (χ0v) is 15.7. The molecule has 0 bridgehead atoms. The van der Waals surface area contributed by atoms with Crippen molar-refractivity contribution in [3.8, 4) is 5.75 Å². The van der Waals surface area contributed by atoms with E-state index in [2.05, 4.69) is 5.32 Å². The van der Waals surface area contributed by atoms with E-state index in [1.807, 2.05) is 43.3 Å². The summed E-state index contributed by atoms with van der Waals surface area (Å²) in [5, 5.41) is 1.85.